The summed E-state index contributed by atoms with van der Waals surface area (Å²) in [6.45, 7) is 1.75. The van der Waals surface area contributed by atoms with Gasteiger partial charge < -0.3 is 10.1 Å². The number of hydrogen-bond acceptors (Lipinski definition) is 4. The average Bonchev–Trinajstić information content (AvgIpc) is 2.39. The lowest BCUT2D eigenvalue weighted by Crippen LogP contribution is -2.33. The van der Waals surface area contributed by atoms with Gasteiger partial charge in [0, 0.05) is 5.02 Å². The Morgan fingerprint density at radius 1 is 1.40 bits per heavy atom. The molecule has 1 aromatic rings. The van der Waals surface area contributed by atoms with Crippen LogP contribution in [0.2, 0.25) is 5.02 Å². The van der Waals surface area contributed by atoms with Gasteiger partial charge in [-0.25, -0.2) is 8.42 Å². The number of hydrogen-bond donors (Lipinski definition) is 2. The quantitative estimate of drug-likeness (QED) is 0.872. The molecule has 0 aromatic heterocycles. The maximum Gasteiger partial charge on any atom is 0.233 e. The van der Waals surface area contributed by atoms with Gasteiger partial charge in [0.2, 0.25) is 10.0 Å². The van der Waals surface area contributed by atoms with Gasteiger partial charge in [-0.1, -0.05) is 11.6 Å². The van der Waals surface area contributed by atoms with E-state index in [1.165, 1.54) is 7.11 Å². The molecule has 0 aliphatic carbocycles. The Balaban J connectivity index is 2.09. The molecule has 1 fully saturated rings. The SMILES string of the molecule is COc1ccc(Cl)cc1NS(=O)(=O)CC1CCNCC1. The van der Waals surface area contributed by atoms with Crippen molar-refractivity contribution in [3.8, 4) is 5.75 Å². The summed E-state index contributed by atoms with van der Waals surface area (Å²) in [6, 6.07) is 4.86. The van der Waals surface area contributed by atoms with E-state index in [0.29, 0.717) is 16.5 Å². The minimum Gasteiger partial charge on any atom is -0.495 e. The zero-order valence-electron chi connectivity index (χ0n) is 11.4. The van der Waals surface area contributed by atoms with E-state index >= 15 is 0 Å². The fraction of sp³-hybridized carbons (Fsp3) is 0.538. The molecule has 0 unspecified atom stereocenters. The Morgan fingerprint density at radius 2 is 2.10 bits per heavy atom. The number of anilines is 1. The predicted molar refractivity (Wildman–Crippen MR) is 81.0 cm³/mol. The average molecular weight is 319 g/mol. The first-order valence-corrected chi connectivity index (χ1v) is 8.58. The van der Waals surface area contributed by atoms with Crippen molar-refractivity contribution >= 4 is 27.3 Å². The number of benzene rings is 1. The summed E-state index contributed by atoms with van der Waals surface area (Å²) in [7, 11) is -1.91. The second kappa shape index (κ2) is 6.65. The lowest BCUT2D eigenvalue weighted by molar-refractivity contribution is 0.401. The van der Waals surface area contributed by atoms with Gasteiger partial charge in [0.15, 0.2) is 0 Å². The van der Waals surface area contributed by atoms with Gasteiger partial charge >= 0.3 is 0 Å². The summed E-state index contributed by atoms with van der Waals surface area (Å²) >= 11 is 5.90. The number of rotatable bonds is 5. The standard InChI is InChI=1S/C13H19ClN2O3S/c1-19-13-3-2-11(14)8-12(13)16-20(17,18)9-10-4-6-15-7-5-10/h2-3,8,10,15-16H,4-7,9H2,1H3. The molecule has 0 amide bonds. The third-order valence-corrected chi connectivity index (χ3v) is 5.02. The summed E-state index contributed by atoms with van der Waals surface area (Å²) in [4.78, 5) is 0. The van der Waals surface area contributed by atoms with Gasteiger partial charge in [0.25, 0.3) is 0 Å². The van der Waals surface area contributed by atoms with E-state index in [0.717, 1.165) is 25.9 Å². The summed E-state index contributed by atoms with van der Waals surface area (Å²) in [5, 5.41) is 3.69. The van der Waals surface area contributed by atoms with E-state index in [2.05, 4.69) is 10.0 Å². The number of piperidine rings is 1. The number of nitrogens with one attached hydrogen (secondary N) is 2. The normalized spacial score (nSPS) is 16.9. The fourth-order valence-corrected chi connectivity index (χ4v) is 4.03. The molecule has 0 bridgehead atoms. The summed E-state index contributed by atoms with van der Waals surface area (Å²) in [5.41, 5.74) is 0.383. The predicted octanol–water partition coefficient (Wildman–Crippen LogP) is 2.09. The Morgan fingerprint density at radius 3 is 2.75 bits per heavy atom. The minimum atomic E-state index is -3.40. The van der Waals surface area contributed by atoms with Gasteiger partial charge in [-0.3, -0.25) is 4.72 Å². The molecule has 0 spiro atoms. The second-order valence-corrected chi connectivity index (χ2v) is 7.12. The van der Waals surface area contributed by atoms with Crippen molar-refractivity contribution < 1.29 is 13.2 Å². The van der Waals surface area contributed by atoms with Crippen LogP contribution in [0, 0.1) is 5.92 Å². The van der Waals surface area contributed by atoms with Crippen molar-refractivity contribution in [3.63, 3.8) is 0 Å². The van der Waals surface area contributed by atoms with Crippen LogP contribution in [0.5, 0.6) is 5.75 Å². The highest BCUT2D eigenvalue weighted by molar-refractivity contribution is 7.92. The van der Waals surface area contributed by atoms with Crippen LogP contribution in [-0.2, 0) is 10.0 Å². The molecular formula is C13H19ClN2O3S. The number of methoxy groups -OCH3 is 1. The first-order chi connectivity index (χ1) is 9.50. The van der Waals surface area contributed by atoms with Crippen molar-refractivity contribution in [2.24, 2.45) is 5.92 Å². The maximum atomic E-state index is 12.2. The molecule has 0 radical (unpaired) electrons. The highest BCUT2D eigenvalue weighted by Gasteiger charge is 2.22. The Labute approximate surface area is 124 Å². The first kappa shape index (κ1) is 15.4. The fourth-order valence-electron chi connectivity index (χ4n) is 2.33. The first-order valence-electron chi connectivity index (χ1n) is 6.55. The summed E-state index contributed by atoms with van der Waals surface area (Å²) in [6.07, 6.45) is 1.77. The molecule has 5 nitrogen and oxygen atoms in total. The smallest absolute Gasteiger partial charge is 0.233 e. The van der Waals surface area contributed by atoms with Gasteiger partial charge in [-0.05, 0) is 50.0 Å². The molecule has 1 heterocycles. The van der Waals surface area contributed by atoms with Gasteiger partial charge in [-0.2, -0.15) is 0 Å². The van der Waals surface area contributed by atoms with Crippen LogP contribution in [0.15, 0.2) is 18.2 Å². The lowest BCUT2D eigenvalue weighted by Gasteiger charge is -2.22. The van der Waals surface area contributed by atoms with Crippen LogP contribution >= 0.6 is 11.6 Å². The zero-order valence-corrected chi connectivity index (χ0v) is 12.9. The lowest BCUT2D eigenvalue weighted by atomic mass is 10.0. The molecular weight excluding hydrogens is 300 g/mol. The molecule has 1 aliphatic heterocycles. The Kier molecular flexibility index (Phi) is 5.12. The number of ether oxygens (including phenoxy) is 1. The second-order valence-electron chi connectivity index (χ2n) is 4.92. The molecule has 2 rings (SSSR count). The maximum absolute atomic E-state index is 12.2. The Bertz CT molecular complexity index is 557. The molecule has 1 aliphatic rings. The van der Waals surface area contributed by atoms with E-state index in [-0.39, 0.29) is 11.7 Å². The van der Waals surface area contributed by atoms with Crippen molar-refractivity contribution in [1.29, 1.82) is 0 Å². The zero-order chi connectivity index (χ0) is 14.6. The van der Waals surface area contributed by atoms with Gasteiger partial charge in [0.05, 0.1) is 18.6 Å². The van der Waals surface area contributed by atoms with Crippen LogP contribution in [0.4, 0.5) is 5.69 Å². The largest absolute Gasteiger partial charge is 0.495 e. The molecule has 1 saturated heterocycles. The van der Waals surface area contributed by atoms with Crippen molar-refractivity contribution in [2.75, 3.05) is 30.7 Å². The third kappa shape index (κ3) is 4.26. The highest BCUT2D eigenvalue weighted by Crippen LogP contribution is 2.29. The number of sulfonamides is 1. The van der Waals surface area contributed by atoms with Crippen molar-refractivity contribution in [2.45, 2.75) is 12.8 Å². The van der Waals surface area contributed by atoms with Crippen LogP contribution in [-0.4, -0.2) is 34.4 Å². The van der Waals surface area contributed by atoms with E-state index in [4.69, 9.17) is 16.3 Å². The summed E-state index contributed by atoms with van der Waals surface area (Å²) < 4.78 is 32.1. The van der Waals surface area contributed by atoms with Crippen LogP contribution in [0.25, 0.3) is 0 Å². The van der Waals surface area contributed by atoms with E-state index < -0.39 is 10.0 Å². The van der Waals surface area contributed by atoms with Crippen LogP contribution in [0.1, 0.15) is 12.8 Å². The van der Waals surface area contributed by atoms with E-state index in [1.54, 1.807) is 18.2 Å². The van der Waals surface area contributed by atoms with Crippen LogP contribution < -0.4 is 14.8 Å². The molecule has 112 valence electrons. The third-order valence-electron chi connectivity index (χ3n) is 3.34. The topological polar surface area (TPSA) is 67.4 Å². The van der Waals surface area contributed by atoms with Gasteiger partial charge in [0.1, 0.15) is 5.75 Å². The molecule has 7 heteroatoms. The minimum absolute atomic E-state index is 0.129. The molecule has 0 atom stereocenters. The summed E-state index contributed by atoms with van der Waals surface area (Å²) in [5.74, 6) is 0.784. The van der Waals surface area contributed by atoms with Crippen molar-refractivity contribution in [1.82, 2.24) is 5.32 Å². The Hall–Kier alpha value is -0.980. The van der Waals surface area contributed by atoms with E-state index in [9.17, 15) is 8.42 Å². The molecule has 0 saturated carbocycles. The monoisotopic (exact) mass is 318 g/mol. The van der Waals surface area contributed by atoms with Crippen molar-refractivity contribution in [3.05, 3.63) is 23.2 Å². The molecule has 2 N–H and O–H groups in total. The van der Waals surface area contributed by atoms with E-state index in [1.807, 2.05) is 0 Å². The van der Waals surface area contributed by atoms with Crippen LogP contribution in [0.3, 0.4) is 0 Å². The molecule has 1 aromatic carbocycles. The molecule has 20 heavy (non-hydrogen) atoms. The highest BCUT2D eigenvalue weighted by atomic mass is 35.5. The number of halogens is 1. The van der Waals surface area contributed by atoms with Gasteiger partial charge in [-0.15, -0.1) is 0 Å².